The van der Waals surface area contributed by atoms with E-state index in [4.69, 9.17) is 22.1 Å². The molecule has 116 valence electrons. The number of methoxy groups -OCH3 is 1. The average Bonchev–Trinajstić information content (AvgIpc) is 2.48. The van der Waals surface area contributed by atoms with Crippen LogP contribution in [0, 0.1) is 5.41 Å². The molecular formula is C17H24ClNO2. The molecular weight excluding hydrogens is 286 g/mol. The number of rotatable bonds is 5. The summed E-state index contributed by atoms with van der Waals surface area (Å²) < 4.78 is 4.88. The van der Waals surface area contributed by atoms with Crippen molar-refractivity contribution >= 4 is 17.6 Å². The van der Waals surface area contributed by atoms with E-state index in [0.717, 1.165) is 24.8 Å². The number of ether oxygens (including phenoxy) is 1. The zero-order valence-electron chi connectivity index (χ0n) is 12.6. The van der Waals surface area contributed by atoms with Crippen LogP contribution in [-0.4, -0.2) is 13.1 Å². The molecule has 2 N–H and O–H groups in total. The number of carbonyl (C=O) groups excluding carboxylic acids is 1. The third-order valence-corrected chi connectivity index (χ3v) is 4.86. The molecule has 0 spiro atoms. The molecule has 1 fully saturated rings. The largest absolute Gasteiger partial charge is 0.469 e. The van der Waals surface area contributed by atoms with Crippen LogP contribution in [0.15, 0.2) is 24.3 Å². The second-order valence-electron chi connectivity index (χ2n) is 6.18. The van der Waals surface area contributed by atoms with E-state index in [-0.39, 0.29) is 17.4 Å². The molecule has 0 heterocycles. The number of benzene rings is 1. The van der Waals surface area contributed by atoms with Crippen LogP contribution in [0.25, 0.3) is 0 Å². The molecule has 0 bridgehead atoms. The fourth-order valence-electron chi connectivity index (χ4n) is 3.43. The second kappa shape index (κ2) is 7.28. The van der Waals surface area contributed by atoms with Gasteiger partial charge in [0.15, 0.2) is 0 Å². The van der Waals surface area contributed by atoms with Crippen LogP contribution in [0.3, 0.4) is 0 Å². The first-order valence-electron chi connectivity index (χ1n) is 7.62. The van der Waals surface area contributed by atoms with Gasteiger partial charge in [0.25, 0.3) is 0 Å². The van der Waals surface area contributed by atoms with Gasteiger partial charge in [-0.05, 0) is 42.4 Å². The van der Waals surface area contributed by atoms with Crippen molar-refractivity contribution in [3.63, 3.8) is 0 Å². The molecule has 3 nitrogen and oxygen atoms in total. The van der Waals surface area contributed by atoms with E-state index in [1.165, 1.54) is 26.4 Å². The van der Waals surface area contributed by atoms with Crippen LogP contribution >= 0.6 is 11.6 Å². The molecule has 2 rings (SSSR count). The summed E-state index contributed by atoms with van der Waals surface area (Å²) in [5.74, 6) is -0.125. The predicted molar refractivity (Wildman–Crippen MR) is 85.1 cm³/mol. The van der Waals surface area contributed by atoms with E-state index in [0.29, 0.717) is 11.4 Å². The van der Waals surface area contributed by atoms with Crippen molar-refractivity contribution in [3.05, 3.63) is 34.9 Å². The minimum Gasteiger partial charge on any atom is -0.469 e. The summed E-state index contributed by atoms with van der Waals surface area (Å²) in [5, 5.41) is 0.716. The Labute approximate surface area is 131 Å². The maximum absolute atomic E-state index is 11.8. The van der Waals surface area contributed by atoms with Gasteiger partial charge in [0.1, 0.15) is 0 Å². The van der Waals surface area contributed by atoms with Crippen molar-refractivity contribution in [1.29, 1.82) is 0 Å². The lowest BCUT2D eigenvalue weighted by Gasteiger charge is -2.38. The molecule has 0 aliphatic heterocycles. The fraction of sp³-hybridized carbons (Fsp3) is 0.588. The molecule has 1 atom stereocenters. The number of halogens is 1. The van der Waals surface area contributed by atoms with Crippen LogP contribution in [0.2, 0.25) is 5.02 Å². The normalized spacial score (nSPS) is 19.0. The Hall–Kier alpha value is -1.06. The standard InChI is InChI=1S/C17H24ClNO2/c1-21-16(20)12-17(9-3-2-4-10-17)11-15(19)13-5-7-14(18)8-6-13/h5-8,15H,2-4,9-12,19H2,1H3. The minimum absolute atomic E-state index is 0.00953. The molecule has 1 aliphatic rings. The Morgan fingerprint density at radius 2 is 1.90 bits per heavy atom. The lowest BCUT2D eigenvalue weighted by atomic mass is 9.67. The topological polar surface area (TPSA) is 52.3 Å². The van der Waals surface area contributed by atoms with Crippen LogP contribution < -0.4 is 5.73 Å². The van der Waals surface area contributed by atoms with Crippen molar-refractivity contribution in [3.8, 4) is 0 Å². The van der Waals surface area contributed by atoms with Crippen molar-refractivity contribution in [1.82, 2.24) is 0 Å². The molecule has 4 heteroatoms. The zero-order valence-corrected chi connectivity index (χ0v) is 13.4. The monoisotopic (exact) mass is 309 g/mol. The summed E-state index contributed by atoms with van der Waals surface area (Å²) >= 11 is 5.92. The minimum atomic E-state index is -0.125. The van der Waals surface area contributed by atoms with Gasteiger partial charge >= 0.3 is 5.97 Å². The smallest absolute Gasteiger partial charge is 0.306 e. The van der Waals surface area contributed by atoms with E-state index in [2.05, 4.69) is 0 Å². The summed E-state index contributed by atoms with van der Waals surface area (Å²) in [6, 6.07) is 7.61. The van der Waals surface area contributed by atoms with Crippen LogP contribution in [-0.2, 0) is 9.53 Å². The molecule has 0 aromatic heterocycles. The Kier molecular flexibility index (Phi) is 5.65. The van der Waals surface area contributed by atoms with Crippen LogP contribution in [0.1, 0.15) is 56.6 Å². The van der Waals surface area contributed by atoms with E-state index in [9.17, 15) is 4.79 Å². The quantitative estimate of drug-likeness (QED) is 0.827. The van der Waals surface area contributed by atoms with Crippen molar-refractivity contribution in [2.75, 3.05) is 7.11 Å². The van der Waals surface area contributed by atoms with Gasteiger partial charge in [-0.3, -0.25) is 4.79 Å². The van der Waals surface area contributed by atoms with Gasteiger partial charge in [-0.25, -0.2) is 0 Å². The Balaban J connectivity index is 2.10. The molecule has 1 aromatic rings. The fourth-order valence-corrected chi connectivity index (χ4v) is 3.55. The highest BCUT2D eigenvalue weighted by molar-refractivity contribution is 6.30. The third kappa shape index (κ3) is 4.45. The molecule has 0 saturated heterocycles. The van der Waals surface area contributed by atoms with Crippen LogP contribution in [0.4, 0.5) is 0 Å². The Morgan fingerprint density at radius 1 is 1.29 bits per heavy atom. The molecule has 0 radical (unpaired) electrons. The highest BCUT2D eigenvalue weighted by Crippen LogP contribution is 2.45. The first-order chi connectivity index (χ1) is 10.0. The van der Waals surface area contributed by atoms with Gasteiger partial charge in [-0.2, -0.15) is 0 Å². The zero-order chi connectivity index (χ0) is 15.3. The van der Waals surface area contributed by atoms with Crippen molar-refractivity contribution < 1.29 is 9.53 Å². The van der Waals surface area contributed by atoms with E-state index in [1.54, 1.807) is 0 Å². The number of carbonyl (C=O) groups is 1. The highest BCUT2D eigenvalue weighted by atomic mass is 35.5. The van der Waals surface area contributed by atoms with Crippen molar-refractivity contribution in [2.24, 2.45) is 11.1 Å². The van der Waals surface area contributed by atoms with E-state index < -0.39 is 0 Å². The molecule has 1 unspecified atom stereocenters. The van der Waals surface area contributed by atoms with Gasteiger partial charge in [-0.1, -0.05) is 43.0 Å². The third-order valence-electron chi connectivity index (χ3n) is 4.61. The summed E-state index contributed by atoms with van der Waals surface area (Å²) in [4.78, 5) is 11.8. The van der Waals surface area contributed by atoms with Gasteiger partial charge in [0.05, 0.1) is 13.5 Å². The Morgan fingerprint density at radius 3 is 2.48 bits per heavy atom. The molecule has 0 amide bonds. The van der Waals surface area contributed by atoms with E-state index in [1.807, 2.05) is 24.3 Å². The van der Waals surface area contributed by atoms with Gasteiger partial charge in [0.2, 0.25) is 0 Å². The van der Waals surface area contributed by atoms with E-state index >= 15 is 0 Å². The molecule has 1 aliphatic carbocycles. The SMILES string of the molecule is COC(=O)CC1(CC(N)c2ccc(Cl)cc2)CCCCC1. The predicted octanol–water partition coefficient (Wildman–Crippen LogP) is 4.24. The molecule has 1 aromatic carbocycles. The van der Waals surface area contributed by atoms with Crippen LogP contribution in [0.5, 0.6) is 0 Å². The molecule has 21 heavy (non-hydrogen) atoms. The summed E-state index contributed by atoms with van der Waals surface area (Å²) in [6.07, 6.45) is 7.01. The average molecular weight is 310 g/mol. The number of esters is 1. The van der Waals surface area contributed by atoms with Gasteiger partial charge in [0, 0.05) is 11.1 Å². The second-order valence-corrected chi connectivity index (χ2v) is 6.61. The first-order valence-corrected chi connectivity index (χ1v) is 8.00. The lowest BCUT2D eigenvalue weighted by molar-refractivity contribution is -0.144. The van der Waals surface area contributed by atoms with Gasteiger partial charge in [-0.15, -0.1) is 0 Å². The summed E-state index contributed by atoms with van der Waals surface area (Å²) in [5.41, 5.74) is 7.45. The number of hydrogen-bond acceptors (Lipinski definition) is 3. The maximum Gasteiger partial charge on any atom is 0.306 e. The lowest BCUT2D eigenvalue weighted by Crippen LogP contribution is -2.32. The number of nitrogens with two attached hydrogens (primary N) is 1. The van der Waals surface area contributed by atoms with Gasteiger partial charge < -0.3 is 10.5 Å². The van der Waals surface area contributed by atoms with Crippen molar-refractivity contribution in [2.45, 2.75) is 51.0 Å². The summed E-state index contributed by atoms with van der Waals surface area (Å²) in [6.45, 7) is 0. The number of hydrogen-bond donors (Lipinski definition) is 1. The summed E-state index contributed by atoms with van der Waals surface area (Å²) in [7, 11) is 1.46. The maximum atomic E-state index is 11.8. The molecule has 1 saturated carbocycles. The first kappa shape index (κ1) is 16.3. The highest BCUT2D eigenvalue weighted by Gasteiger charge is 2.36. The Bertz CT molecular complexity index is 466.